The molecular formula is C11H8Cl2N2O. The predicted octanol–water partition coefficient (Wildman–Crippen LogP) is 3.46. The van der Waals surface area contributed by atoms with Crippen LogP contribution in [-0.4, -0.2) is 17.1 Å². The number of halogens is 2. The summed E-state index contributed by atoms with van der Waals surface area (Å²) < 4.78 is 5.06. The van der Waals surface area contributed by atoms with Gasteiger partial charge >= 0.3 is 0 Å². The molecule has 0 atom stereocenters. The summed E-state index contributed by atoms with van der Waals surface area (Å²) >= 11 is 11.6. The van der Waals surface area contributed by atoms with Gasteiger partial charge in [0.15, 0.2) is 5.82 Å². The Bertz CT molecular complexity index is 480. The van der Waals surface area contributed by atoms with Crippen molar-refractivity contribution in [2.75, 3.05) is 7.11 Å². The molecule has 0 radical (unpaired) electrons. The van der Waals surface area contributed by atoms with Crippen LogP contribution in [0.3, 0.4) is 0 Å². The maximum atomic E-state index is 5.80. The SMILES string of the molecule is COc1ccc(-c2nc(Cl)cc(Cl)n2)cc1. The zero-order chi connectivity index (χ0) is 11.5. The predicted molar refractivity (Wildman–Crippen MR) is 64.0 cm³/mol. The summed E-state index contributed by atoms with van der Waals surface area (Å²) in [6, 6.07) is 8.85. The van der Waals surface area contributed by atoms with Crippen molar-refractivity contribution in [1.29, 1.82) is 0 Å². The fraction of sp³-hybridized carbons (Fsp3) is 0.0909. The van der Waals surface area contributed by atoms with E-state index in [9.17, 15) is 0 Å². The maximum Gasteiger partial charge on any atom is 0.162 e. The summed E-state index contributed by atoms with van der Waals surface area (Å²) in [5, 5.41) is 0.650. The topological polar surface area (TPSA) is 35.0 Å². The Balaban J connectivity index is 2.42. The number of nitrogens with zero attached hydrogens (tertiary/aromatic N) is 2. The van der Waals surface area contributed by atoms with E-state index in [1.165, 1.54) is 6.07 Å². The first kappa shape index (κ1) is 11.2. The van der Waals surface area contributed by atoms with Gasteiger partial charge in [0.1, 0.15) is 16.1 Å². The Morgan fingerprint density at radius 2 is 1.56 bits per heavy atom. The van der Waals surface area contributed by atoms with E-state index in [2.05, 4.69) is 9.97 Å². The van der Waals surface area contributed by atoms with Crippen molar-refractivity contribution in [3.8, 4) is 17.1 Å². The third-order valence-corrected chi connectivity index (χ3v) is 2.40. The van der Waals surface area contributed by atoms with Gasteiger partial charge in [0.05, 0.1) is 7.11 Å². The third kappa shape index (κ3) is 2.43. The lowest BCUT2D eigenvalue weighted by Gasteiger charge is -2.03. The highest BCUT2D eigenvalue weighted by atomic mass is 35.5. The molecule has 2 aromatic rings. The molecule has 1 heterocycles. The monoisotopic (exact) mass is 254 g/mol. The second-order valence-corrected chi connectivity index (χ2v) is 3.84. The smallest absolute Gasteiger partial charge is 0.162 e. The van der Waals surface area contributed by atoms with E-state index in [1.807, 2.05) is 24.3 Å². The first-order chi connectivity index (χ1) is 7.69. The van der Waals surface area contributed by atoms with Crippen LogP contribution in [0.2, 0.25) is 10.3 Å². The quantitative estimate of drug-likeness (QED) is 0.771. The van der Waals surface area contributed by atoms with Crippen molar-refractivity contribution in [2.24, 2.45) is 0 Å². The molecule has 1 aromatic heterocycles. The number of hydrogen-bond acceptors (Lipinski definition) is 3. The van der Waals surface area contributed by atoms with Gasteiger partial charge in [-0.15, -0.1) is 0 Å². The molecule has 0 spiro atoms. The lowest BCUT2D eigenvalue weighted by molar-refractivity contribution is 0.415. The molecule has 1 aromatic carbocycles. The summed E-state index contributed by atoms with van der Waals surface area (Å²) in [7, 11) is 1.61. The summed E-state index contributed by atoms with van der Waals surface area (Å²) in [5.41, 5.74) is 0.838. The van der Waals surface area contributed by atoms with Crippen molar-refractivity contribution in [1.82, 2.24) is 9.97 Å². The van der Waals surface area contributed by atoms with Crippen LogP contribution in [0.4, 0.5) is 0 Å². The van der Waals surface area contributed by atoms with E-state index >= 15 is 0 Å². The Labute approximate surface area is 103 Å². The van der Waals surface area contributed by atoms with Gasteiger partial charge in [0, 0.05) is 11.6 Å². The summed E-state index contributed by atoms with van der Waals surface area (Å²) in [4.78, 5) is 8.18. The molecule has 0 fully saturated rings. The fourth-order valence-electron chi connectivity index (χ4n) is 1.26. The van der Waals surface area contributed by atoms with Gasteiger partial charge < -0.3 is 4.74 Å². The second kappa shape index (κ2) is 4.68. The van der Waals surface area contributed by atoms with Crippen LogP contribution in [0.25, 0.3) is 11.4 Å². The summed E-state index contributed by atoms with van der Waals surface area (Å²) in [6.07, 6.45) is 0. The molecule has 2 rings (SSSR count). The number of ether oxygens (including phenoxy) is 1. The van der Waals surface area contributed by atoms with Gasteiger partial charge in [0.25, 0.3) is 0 Å². The van der Waals surface area contributed by atoms with E-state index in [0.29, 0.717) is 16.1 Å². The minimum atomic E-state index is 0.325. The first-order valence-corrected chi connectivity index (χ1v) is 5.29. The lowest BCUT2D eigenvalue weighted by Crippen LogP contribution is -1.90. The van der Waals surface area contributed by atoms with Crippen LogP contribution >= 0.6 is 23.2 Å². The zero-order valence-electron chi connectivity index (χ0n) is 8.45. The molecule has 0 saturated carbocycles. The molecule has 0 N–H and O–H groups in total. The number of rotatable bonds is 2. The third-order valence-electron chi connectivity index (χ3n) is 2.01. The van der Waals surface area contributed by atoms with Gasteiger partial charge in [0.2, 0.25) is 0 Å². The number of methoxy groups -OCH3 is 1. The highest BCUT2D eigenvalue weighted by molar-refractivity contribution is 6.33. The van der Waals surface area contributed by atoms with Gasteiger partial charge in [-0.3, -0.25) is 0 Å². The minimum Gasteiger partial charge on any atom is -0.497 e. The van der Waals surface area contributed by atoms with E-state index in [4.69, 9.17) is 27.9 Å². The minimum absolute atomic E-state index is 0.325. The standard InChI is InChI=1S/C11H8Cl2N2O/c1-16-8-4-2-7(3-5-8)11-14-9(12)6-10(13)15-11/h2-6H,1H3. The largest absolute Gasteiger partial charge is 0.497 e. The Morgan fingerprint density at radius 1 is 1.00 bits per heavy atom. The fourth-order valence-corrected chi connectivity index (χ4v) is 1.68. The second-order valence-electron chi connectivity index (χ2n) is 3.07. The Morgan fingerprint density at radius 3 is 2.06 bits per heavy atom. The molecule has 0 aliphatic rings. The van der Waals surface area contributed by atoms with Crippen LogP contribution in [-0.2, 0) is 0 Å². The molecule has 0 amide bonds. The molecule has 0 aliphatic heterocycles. The Hall–Kier alpha value is -1.32. The average Bonchev–Trinajstić information content (AvgIpc) is 2.28. The molecule has 0 unspecified atom stereocenters. The van der Waals surface area contributed by atoms with E-state index in [0.717, 1.165) is 11.3 Å². The number of benzene rings is 1. The van der Waals surface area contributed by atoms with Crippen LogP contribution in [0.15, 0.2) is 30.3 Å². The summed E-state index contributed by atoms with van der Waals surface area (Å²) in [6.45, 7) is 0. The van der Waals surface area contributed by atoms with Gasteiger partial charge in [-0.25, -0.2) is 9.97 Å². The van der Waals surface area contributed by atoms with E-state index in [-0.39, 0.29) is 0 Å². The molecule has 16 heavy (non-hydrogen) atoms. The van der Waals surface area contributed by atoms with Crippen LogP contribution < -0.4 is 4.74 Å². The highest BCUT2D eigenvalue weighted by Crippen LogP contribution is 2.22. The van der Waals surface area contributed by atoms with Crippen LogP contribution in [0.5, 0.6) is 5.75 Å². The first-order valence-electron chi connectivity index (χ1n) is 4.53. The van der Waals surface area contributed by atoms with Crippen molar-refractivity contribution in [3.05, 3.63) is 40.6 Å². The van der Waals surface area contributed by atoms with Crippen molar-refractivity contribution in [2.45, 2.75) is 0 Å². The molecular weight excluding hydrogens is 247 g/mol. The highest BCUT2D eigenvalue weighted by Gasteiger charge is 2.04. The van der Waals surface area contributed by atoms with Crippen molar-refractivity contribution in [3.63, 3.8) is 0 Å². The lowest BCUT2D eigenvalue weighted by atomic mass is 10.2. The van der Waals surface area contributed by atoms with Crippen molar-refractivity contribution < 1.29 is 4.74 Å². The summed E-state index contributed by atoms with van der Waals surface area (Å²) in [5.74, 6) is 1.28. The molecule has 5 heteroatoms. The van der Waals surface area contributed by atoms with Gasteiger partial charge in [-0.1, -0.05) is 23.2 Å². The van der Waals surface area contributed by atoms with Gasteiger partial charge in [-0.2, -0.15) is 0 Å². The van der Waals surface area contributed by atoms with Crippen molar-refractivity contribution >= 4 is 23.2 Å². The Kier molecular flexibility index (Phi) is 3.27. The maximum absolute atomic E-state index is 5.80. The molecule has 3 nitrogen and oxygen atoms in total. The molecule has 0 aliphatic carbocycles. The van der Waals surface area contributed by atoms with Gasteiger partial charge in [-0.05, 0) is 24.3 Å². The number of aromatic nitrogens is 2. The van der Waals surface area contributed by atoms with Crippen LogP contribution in [0.1, 0.15) is 0 Å². The van der Waals surface area contributed by atoms with E-state index < -0.39 is 0 Å². The van der Waals surface area contributed by atoms with Crippen LogP contribution in [0, 0.1) is 0 Å². The molecule has 82 valence electrons. The van der Waals surface area contributed by atoms with E-state index in [1.54, 1.807) is 7.11 Å². The normalized spacial score (nSPS) is 10.2. The zero-order valence-corrected chi connectivity index (χ0v) is 9.96. The average molecular weight is 255 g/mol. The molecule has 0 saturated heterocycles. The molecule has 0 bridgehead atoms. The number of hydrogen-bond donors (Lipinski definition) is 0.